The first-order chi connectivity index (χ1) is 19.5. The molecule has 2 heterocycles. The van der Waals surface area contributed by atoms with Gasteiger partial charge in [0.25, 0.3) is 5.56 Å². The van der Waals surface area contributed by atoms with Gasteiger partial charge >= 0.3 is 6.03 Å². The van der Waals surface area contributed by atoms with Crippen molar-refractivity contribution >= 4 is 23.5 Å². The molecule has 11 heteroatoms. The van der Waals surface area contributed by atoms with Gasteiger partial charge in [-0.25, -0.2) is 9.78 Å². The molecular weight excluding hydrogens is 530 g/mol. The van der Waals surface area contributed by atoms with E-state index in [1.54, 1.807) is 37.4 Å². The number of fused-ring (bicyclic) bond motifs is 1. The highest BCUT2D eigenvalue weighted by atomic mass is 32.2. The number of thioether (sulfide) groups is 1. The van der Waals surface area contributed by atoms with Crippen LogP contribution in [-0.2, 0) is 12.2 Å². The summed E-state index contributed by atoms with van der Waals surface area (Å²) in [6, 6.07) is 21.8. The van der Waals surface area contributed by atoms with Crippen LogP contribution in [0.4, 0.5) is 10.5 Å². The van der Waals surface area contributed by atoms with Gasteiger partial charge in [-0.05, 0) is 53.9 Å². The number of aromatic nitrogens is 2. The van der Waals surface area contributed by atoms with Crippen molar-refractivity contribution in [2.24, 2.45) is 0 Å². The molecule has 0 aliphatic carbocycles. The first-order valence-corrected chi connectivity index (χ1v) is 13.3. The maximum Gasteiger partial charge on any atom is 0.319 e. The maximum atomic E-state index is 12.6. The standard InChI is InChI=1S/C29H25N5O5S/c1-37-22-7-3-5-20(14-22)26-23(15-30)27(35)34-29(33-26)40-16-19-4-2-6-21(12-19)32-28(36)31-11-10-18-8-9-24-25(13-18)39-17-38-24/h2-9,12-14H,10-11,16-17H2,1H3,(H2,31,32,36)(H,33,34,35). The van der Waals surface area contributed by atoms with E-state index < -0.39 is 5.56 Å². The summed E-state index contributed by atoms with van der Waals surface area (Å²) in [6.45, 7) is 0.678. The number of aromatic amines is 1. The molecule has 0 atom stereocenters. The summed E-state index contributed by atoms with van der Waals surface area (Å²) < 4.78 is 16.0. The first kappa shape index (κ1) is 26.6. The molecule has 1 aliphatic heterocycles. The third kappa shape index (κ3) is 6.36. The number of hydrogen-bond acceptors (Lipinski definition) is 8. The van der Waals surface area contributed by atoms with E-state index in [0.29, 0.717) is 52.3 Å². The zero-order valence-electron chi connectivity index (χ0n) is 21.5. The van der Waals surface area contributed by atoms with Gasteiger partial charge in [-0.1, -0.05) is 42.1 Å². The number of anilines is 1. The highest BCUT2D eigenvalue weighted by molar-refractivity contribution is 7.98. The number of carbonyl (C=O) groups is 1. The Kier molecular flexibility index (Phi) is 8.18. The third-order valence-electron chi connectivity index (χ3n) is 6.05. The summed E-state index contributed by atoms with van der Waals surface area (Å²) in [5.74, 6) is 2.52. The van der Waals surface area contributed by atoms with Crippen molar-refractivity contribution in [2.45, 2.75) is 17.3 Å². The van der Waals surface area contributed by atoms with Gasteiger partial charge in [-0.3, -0.25) is 4.79 Å². The normalized spacial score (nSPS) is 11.5. The summed E-state index contributed by atoms with van der Waals surface area (Å²) in [7, 11) is 1.55. The van der Waals surface area contributed by atoms with E-state index >= 15 is 0 Å². The van der Waals surface area contributed by atoms with Gasteiger partial charge in [-0.15, -0.1) is 0 Å². The minimum atomic E-state index is -0.509. The van der Waals surface area contributed by atoms with Crippen molar-refractivity contribution in [2.75, 3.05) is 25.8 Å². The molecule has 1 aromatic heterocycles. The zero-order chi connectivity index (χ0) is 27.9. The fraction of sp³-hybridized carbons (Fsp3) is 0.172. The molecule has 0 saturated heterocycles. The molecule has 0 fully saturated rings. The van der Waals surface area contributed by atoms with Crippen LogP contribution in [0.3, 0.4) is 0 Å². The van der Waals surface area contributed by atoms with Crippen LogP contribution in [0.2, 0.25) is 0 Å². The average molecular weight is 556 g/mol. The lowest BCUT2D eigenvalue weighted by Crippen LogP contribution is -2.30. The van der Waals surface area contributed by atoms with E-state index in [2.05, 4.69) is 20.6 Å². The minimum Gasteiger partial charge on any atom is -0.497 e. The van der Waals surface area contributed by atoms with Crippen LogP contribution in [-0.4, -0.2) is 36.4 Å². The van der Waals surface area contributed by atoms with E-state index in [0.717, 1.165) is 16.9 Å². The Balaban J connectivity index is 1.19. The van der Waals surface area contributed by atoms with E-state index in [1.165, 1.54) is 11.8 Å². The number of amides is 2. The van der Waals surface area contributed by atoms with Crippen molar-refractivity contribution in [1.29, 1.82) is 5.26 Å². The number of benzene rings is 3. The first-order valence-electron chi connectivity index (χ1n) is 12.4. The number of nitrogens with one attached hydrogen (secondary N) is 3. The number of hydrogen-bond donors (Lipinski definition) is 3. The van der Waals surface area contributed by atoms with Gasteiger partial charge in [0, 0.05) is 23.5 Å². The molecule has 3 aromatic carbocycles. The Morgan fingerprint density at radius 3 is 2.80 bits per heavy atom. The van der Waals surface area contributed by atoms with Gasteiger partial charge in [0.15, 0.2) is 16.7 Å². The third-order valence-corrected chi connectivity index (χ3v) is 6.99. The summed E-state index contributed by atoms with van der Waals surface area (Å²) >= 11 is 1.32. The number of nitriles is 1. The van der Waals surface area contributed by atoms with E-state index in [4.69, 9.17) is 14.2 Å². The predicted octanol–water partition coefficient (Wildman–Crippen LogP) is 4.70. The van der Waals surface area contributed by atoms with Gasteiger partial charge in [0.2, 0.25) is 6.79 Å². The number of urea groups is 1. The van der Waals surface area contributed by atoms with Crippen molar-refractivity contribution in [3.8, 4) is 34.6 Å². The largest absolute Gasteiger partial charge is 0.497 e. The summed E-state index contributed by atoms with van der Waals surface area (Å²) in [5, 5.41) is 15.6. The lowest BCUT2D eigenvalue weighted by Gasteiger charge is -2.10. The van der Waals surface area contributed by atoms with Crippen LogP contribution in [0, 0.1) is 11.3 Å². The van der Waals surface area contributed by atoms with Gasteiger partial charge in [-0.2, -0.15) is 5.26 Å². The van der Waals surface area contributed by atoms with Crippen LogP contribution in [0.5, 0.6) is 17.2 Å². The van der Waals surface area contributed by atoms with Crippen molar-refractivity contribution < 1.29 is 19.0 Å². The predicted molar refractivity (Wildman–Crippen MR) is 151 cm³/mol. The highest BCUT2D eigenvalue weighted by Gasteiger charge is 2.15. The summed E-state index contributed by atoms with van der Waals surface area (Å²) in [4.78, 5) is 32.3. The fourth-order valence-electron chi connectivity index (χ4n) is 4.09. The molecule has 1 aliphatic rings. The molecule has 0 radical (unpaired) electrons. The van der Waals surface area contributed by atoms with Crippen LogP contribution in [0.25, 0.3) is 11.3 Å². The van der Waals surface area contributed by atoms with Gasteiger partial charge in [0.05, 0.1) is 12.8 Å². The number of nitrogens with zero attached hydrogens (tertiary/aromatic N) is 2. The van der Waals surface area contributed by atoms with Gasteiger partial charge in [0.1, 0.15) is 17.4 Å². The monoisotopic (exact) mass is 555 g/mol. The Bertz CT molecular complexity index is 1650. The Hall–Kier alpha value is -4.95. The second-order valence-corrected chi connectivity index (χ2v) is 9.71. The number of methoxy groups -OCH3 is 1. The van der Waals surface area contributed by atoms with E-state index in [1.807, 2.05) is 42.5 Å². The smallest absolute Gasteiger partial charge is 0.319 e. The molecule has 0 bridgehead atoms. The Morgan fingerprint density at radius 1 is 1.10 bits per heavy atom. The molecule has 10 nitrogen and oxygen atoms in total. The quantitative estimate of drug-likeness (QED) is 0.200. The molecule has 2 amide bonds. The van der Waals surface area contributed by atoms with Crippen LogP contribution in [0.15, 0.2) is 76.7 Å². The Morgan fingerprint density at radius 2 is 1.95 bits per heavy atom. The highest BCUT2D eigenvalue weighted by Crippen LogP contribution is 2.32. The lowest BCUT2D eigenvalue weighted by atomic mass is 10.1. The topological polar surface area (TPSA) is 138 Å². The molecule has 0 spiro atoms. The van der Waals surface area contributed by atoms with E-state index in [9.17, 15) is 14.9 Å². The van der Waals surface area contributed by atoms with Crippen LogP contribution < -0.4 is 30.4 Å². The minimum absolute atomic E-state index is 0.0617. The van der Waals surface area contributed by atoms with Crippen molar-refractivity contribution in [1.82, 2.24) is 15.3 Å². The molecule has 0 saturated carbocycles. The van der Waals surface area contributed by atoms with Crippen molar-refractivity contribution in [3.63, 3.8) is 0 Å². The number of rotatable bonds is 9. The van der Waals surface area contributed by atoms with Crippen molar-refractivity contribution in [3.05, 3.63) is 93.8 Å². The molecule has 40 heavy (non-hydrogen) atoms. The fourth-order valence-corrected chi connectivity index (χ4v) is 4.89. The summed E-state index contributed by atoms with van der Waals surface area (Å²) in [6.07, 6.45) is 0.647. The zero-order valence-corrected chi connectivity index (χ0v) is 22.3. The number of carbonyl (C=O) groups excluding carboxylic acids is 1. The van der Waals surface area contributed by atoms with Crippen LogP contribution >= 0.6 is 11.8 Å². The lowest BCUT2D eigenvalue weighted by molar-refractivity contribution is 0.174. The SMILES string of the molecule is COc1cccc(-c2nc(SCc3cccc(NC(=O)NCCc4ccc5c(c4)OCO5)c3)[nH]c(=O)c2C#N)c1. The molecule has 0 unspecified atom stereocenters. The second-order valence-electron chi connectivity index (χ2n) is 8.75. The summed E-state index contributed by atoms with van der Waals surface area (Å²) in [5.41, 5.74) is 2.92. The second kappa shape index (κ2) is 12.3. The average Bonchev–Trinajstić information content (AvgIpc) is 3.44. The molecular formula is C29H25N5O5S. The van der Waals surface area contributed by atoms with Crippen LogP contribution in [0.1, 0.15) is 16.7 Å². The van der Waals surface area contributed by atoms with Gasteiger partial charge < -0.3 is 29.8 Å². The number of ether oxygens (including phenoxy) is 3. The molecule has 3 N–H and O–H groups in total. The number of H-pyrrole nitrogens is 1. The molecule has 5 rings (SSSR count). The molecule has 4 aromatic rings. The van der Waals surface area contributed by atoms with E-state index in [-0.39, 0.29) is 18.4 Å². The maximum absolute atomic E-state index is 12.6. The Labute approximate surface area is 234 Å². The molecule has 202 valence electrons.